The number of fused-ring (bicyclic) bond motifs is 1. The van der Waals surface area contributed by atoms with Gasteiger partial charge in [-0.25, -0.2) is 4.39 Å². The van der Waals surface area contributed by atoms with Gasteiger partial charge in [0.25, 0.3) is 0 Å². The van der Waals surface area contributed by atoms with Crippen LogP contribution in [0, 0.1) is 11.7 Å². The van der Waals surface area contributed by atoms with Crippen LogP contribution in [0.25, 0.3) is 0 Å². The van der Waals surface area contributed by atoms with Crippen molar-refractivity contribution in [3.8, 4) is 0 Å². The highest BCUT2D eigenvalue weighted by Crippen LogP contribution is 2.36. The Kier molecular flexibility index (Phi) is 4.60. The number of nitrogens with zero attached hydrogens (tertiary/aromatic N) is 1. The van der Waals surface area contributed by atoms with Gasteiger partial charge in [-0.1, -0.05) is 19.9 Å². The maximum atomic E-state index is 13.4. The molecule has 0 bridgehead atoms. The van der Waals surface area contributed by atoms with Gasteiger partial charge in [-0.2, -0.15) is 0 Å². The Bertz CT molecular complexity index is 480. The molecule has 2 nitrogen and oxygen atoms in total. The second kappa shape index (κ2) is 6.45. The summed E-state index contributed by atoms with van der Waals surface area (Å²) < 4.78 is 13.4. The van der Waals surface area contributed by atoms with Crippen molar-refractivity contribution in [3.63, 3.8) is 0 Å². The van der Waals surface area contributed by atoms with Crippen LogP contribution in [0.2, 0.25) is 0 Å². The predicted octanol–water partition coefficient (Wildman–Crippen LogP) is 3.52. The van der Waals surface area contributed by atoms with Crippen LogP contribution in [0.1, 0.15) is 50.3 Å². The van der Waals surface area contributed by atoms with Gasteiger partial charge in [0.05, 0.1) is 0 Å². The molecule has 2 unspecified atom stereocenters. The molecule has 21 heavy (non-hydrogen) atoms. The number of rotatable bonds is 5. The Morgan fingerprint density at radius 1 is 1.33 bits per heavy atom. The molecule has 0 saturated carbocycles. The molecule has 1 saturated heterocycles. The number of aryl methyl sites for hydroxylation is 1. The van der Waals surface area contributed by atoms with Crippen molar-refractivity contribution in [3.05, 3.63) is 35.1 Å². The molecule has 2 aliphatic rings. The first-order valence-electron chi connectivity index (χ1n) is 8.39. The Labute approximate surface area is 127 Å². The van der Waals surface area contributed by atoms with Crippen LogP contribution in [0.3, 0.4) is 0 Å². The quantitative estimate of drug-likeness (QED) is 0.892. The molecule has 0 radical (unpaired) electrons. The van der Waals surface area contributed by atoms with Gasteiger partial charge in [0, 0.05) is 25.2 Å². The third kappa shape index (κ3) is 3.46. The van der Waals surface area contributed by atoms with Gasteiger partial charge >= 0.3 is 0 Å². The van der Waals surface area contributed by atoms with E-state index in [1.165, 1.54) is 24.0 Å². The van der Waals surface area contributed by atoms with Crippen LogP contribution in [0.4, 0.5) is 4.39 Å². The molecule has 0 aromatic heterocycles. The highest BCUT2D eigenvalue weighted by atomic mass is 19.1. The van der Waals surface area contributed by atoms with E-state index in [1.807, 2.05) is 6.07 Å². The minimum Gasteiger partial charge on any atom is -0.313 e. The SMILES string of the molecule is CC(C)CN(CC1CCCN1)C1CCc2cc(F)ccc21. The van der Waals surface area contributed by atoms with Crippen molar-refractivity contribution >= 4 is 0 Å². The monoisotopic (exact) mass is 290 g/mol. The molecule has 1 aromatic carbocycles. The van der Waals surface area contributed by atoms with Gasteiger partial charge in [-0.3, -0.25) is 4.90 Å². The molecule has 116 valence electrons. The fourth-order valence-electron chi connectivity index (χ4n) is 3.94. The average Bonchev–Trinajstić information content (AvgIpc) is 3.05. The Morgan fingerprint density at radius 2 is 2.19 bits per heavy atom. The summed E-state index contributed by atoms with van der Waals surface area (Å²) in [5.74, 6) is 0.568. The number of halogens is 1. The highest BCUT2D eigenvalue weighted by Gasteiger charge is 2.30. The van der Waals surface area contributed by atoms with E-state index >= 15 is 0 Å². The smallest absolute Gasteiger partial charge is 0.123 e. The first-order valence-corrected chi connectivity index (χ1v) is 8.39. The van der Waals surface area contributed by atoms with Crippen molar-refractivity contribution in [1.29, 1.82) is 0 Å². The lowest BCUT2D eigenvalue weighted by atomic mass is 10.0. The van der Waals surface area contributed by atoms with Crippen molar-refractivity contribution in [2.24, 2.45) is 5.92 Å². The fourth-order valence-corrected chi connectivity index (χ4v) is 3.94. The molecule has 3 heteroatoms. The summed E-state index contributed by atoms with van der Waals surface area (Å²) in [6.07, 6.45) is 4.74. The standard InChI is InChI=1S/C18H27FN2/c1-13(2)11-21(12-16-4-3-9-20-16)18-8-5-14-10-15(19)6-7-17(14)18/h6-7,10,13,16,18,20H,3-5,8-9,11-12H2,1-2H3. The number of benzene rings is 1. The molecule has 1 aliphatic heterocycles. The predicted molar refractivity (Wildman–Crippen MR) is 84.9 cm³/mol. The first-order chi connectivity index (χ1) is 10.1. The third-order valence-corrected chi connectivity index (χ3v) is 4.81. The Morgan fingerprint density at radius 3 is 2.90 bits per heavy atom. The van der Waals surface area contributed by atoms with Crippen LogP contribution in [-0.2, 0) is 6.42 Å². The van der Waals surface area contributed by atoms with E-state index in [4.69, 9.17) is 0 Å². The lowest BCUT2D eigenvalue weighted by Crippen LogP contribution is -2.41. The molecule has 1 aromatic rings. The number of hydrogen-bond acceptors (Lipinski definition) is 2. The van der Waals surface area contributed by atoms with Gasteiger partial charge in [-0.05, 0) is 61.4 Å². The summed E-state index contributed by atoms with van der Waals surface area (Å²) in [6, 6.07) is 6.48. The van der Waals surface area contributed by atoms with E-state index in [0.29, 0.717) is 18.0 Å². The van der Waals surface area contributed by atoms with E-state index in [2.05, 4.69) is 24.1 Å². The minimum atomic E-state index is -0.0951. The summed E-state index contributed by atoms with van der Waals surface area (Å²) in [6.45, 7) is 7.98. The molecular formula is C18H27FN2. The minimum absolute atomic E-state index is 0.0951. The van der Waals surface area contributed by atoms with Crippen molar-refractivity contribution < 1.29 is 4.39 Å². The molecule has 1 N–H and O–H groups in total. The highest BCUT2D eigenvalue weighted by molar-refractivity contribution is 5.35. The second-order valence-electron chi connectivity index (χ2n) is 7.04. The number of hydrogen-bond donors (Lipinski definition) is 1. The topological polar surface area (TPSA) is 15.3 Å². The van der Waals surface area contributed by atoms with E-state index < -0.39 is 0 Å². The van der Waals surface area contributed by atoms with E-state index in [1.54, 1.807) is 12.1 Å². The zero-order valence-corrected chi connectivity index (χ0v) is 13.2. The largest absolute Gasteiger partial charge is 0.313 e. The van der Waals surface area contributed by atoms with E-state index in [-0.39, 0.29) is 5.82 Å². The van der Waals surface area contributed by atoms with Crippen LogP contribution in [-0.4, -0.2) is 30.6 Å². The van der Waals surface area contributed by atoms with Crippen molar-refractivity contribution in [1.82, 2.24) is 10.2 Å². The van der Waals surface area contributed by atoms with E-state index in [9.17, 15) is 4.39 Å². The number of nitrogens with one attached hydrogen (secondary N) is 1. The molecule has 0 spiro atoms. The fraction of sp³-hybridized carbons (Fsp3) is 0.667. The van der Waals surface area contributed by atoms with Crippen LogP contribution in [0.15, 0.2) is 18.2 Å². The summed E-state index contributed by atoms with van der Waals surface area (Å²) in [4.78, 5) is 2.64. The Balaban J connectivity index is 1.77. The lowest BCUT2D eigenvalue weighted by molar-refractivity contribution is 0.160. The summed E-state index contributed by atoms with van der Waals surface area (Å²) in [5.41, 5.74) is 2.57. The maximum absolute atomic E-state index is 13.4. The van der Waals surface area contributed by atoms with Crippen molar-refractivity contribution in [2.45, 2.75) is 51.6 Å². The zero-order valence-electron chi connectivity index (χ0n) is 13.2. The lowest BCUT2D eigenvalue weighted by Gasteiger charge is -2.33. The molecule has 2 atom stereocenters. The molecule has 1 aliphatic carbocycles. The molecular weight excluding hydrogens is 263 g/mol. The van der Waals surface area contributed by atoms with Gasteiger partial charge < -0.3 is 5.32 Å². The first kappa shape index (κ1) is 15.0. The van der Waals surface area contributed by atoms with Crippen molar-refractivity contribution in [2.75, 3.05) is 19.6 Å². The Hall–Kier alpha value is -0.930. The molecule has 0 amide bonds. The second-order valence-corrected chi connectivity index (χ2v) is 7.04. The van der Waals surface area contributed by atoms with E-state index in [0.717, 1.165) is 32.5 Å². The van der Waals surface area contributed by atoms with Gasteiger partial charge in [-0.15, -0.1) is 0 Å². The van der Waals surface area contributed by atoms with Crippen LogP contribution < -0.4 is 5.32 Å². The van der Waals surface area contributed by atoms with Gasteiger partial charge in [0.1, 0.15) is 5.82 Å². The molecule has 1 heterocycles. The summed E-state index contributed by atoms with van der Waals surface area (Å²) in [5, 5.41) is 3.62. The van der Waals surface area contributed by atoms with Gasteiger partial charge in [0.2, 0.25) is 0 Å². The summed E-state index contributed by atoms with van der Waals surface area (Å²) >= 11 is 0. The van der Waals surface area contributed by atoms with Crippen LogP contribution in [0.5, 0.6) is 0 Å². The molecule has 3 rings (SSSR count). The summed E-state index contributed by atoms with van der Waals surface area (Å²) in [7, 11) is 0. The normalized spacial score (nSPS) is 25.0. The van der Waals surface area contributed by atoms with Crippen LogP contribution >= 0.6 is 0 Å². The maximum Gasteiger partial charge on any atom is 0.123 e. The average molecular weight is 290 g/mol. The molecule has 1 fully saturated rings. The third-order valence-electron chi connectivity index (χ3n) is 4.81. The van der Waals surface area contributed by atoms with Gasteiger partial charge in [0.15, 0.2) is 0 Å². The zero-order chi connectivity index (χ0) is 14.8.